The van der Waals surface area contributed by atoms with E-state index in [1.165, 1.54) is 5.38 Å². The van der Waals surface area contributed by atoms with Crippen molar-refractivity contribution in [2.45, 2.75) is 12.4 Å². The number of hydrogen-bond donors (Lipinski definition) is 0. The van der Waals surface area contributed by atoms with Crippen LogP contribution in [0.3, 0.4) is 0 Å². The van der Waals surface area contributed by atoms with Gasteiger partial charge in [-0.15, -0.1) is 11.3 Å². The lowest BCUT2D eigenvalue weighted by Crippen LogP contribution is -2.16. The minimum Gasteiger partial charge on any atom is -0.234 e. The molecule has 1 heterocycles. The molecule has 0 aliphatic carbocycles. The van der Waals surface area contributed by atoms with Crippen molar-refractivity contribution in [3.05, 3.63) is 40.9 Å². The molecule has 101 valence electrons. The average Bonchev–Trinajstić information content (AvgIpc) is 2.79. The standard InChI is InChI=1S/C11H4F6NS/c12-10(13,14)7-2-1-6(9-18-3-4-19-9)5-8(7)11(15,16)17/h1-2,4-5H. The Labute approximate surface area is 107 Å². The van der Waals surface area contributed by atoms with E-state index in [9.17, 15) is 26.3 Å². The van der Waals surface area contributed by atoms with Gasteiger partial charge in [-0.05, 0) is 12.1 Å². The minimum absolute atomic E-state index is 0.0217. The Morgan fingerprint density at radius 1 is 0.947 bits per heavy atom. The van der Waals surface area contributed by atoms with Crippen LogP contribution >= 0.6 is 11.3 Å². The number of nitrogens with zero attached hydrogens (tertiary/aromatic N) is 1. The maximum absolute atomic E-state index is 12.7. The SMILES string of the molecule is FC(F)(F)c1ccc(-c2n[c]cs2)cc1C(F)(F)F. The molecule has 0 saturated heterocycles. The van der Waals surface area contributed by atoms with Gasteiger partial charge in [0.25, 0.3) is 0 Å². The molecule has 0 aliphatic heterocycles. The third kappa shape index (κ3) is 2.89. The molecule has 0 N–H and O–H groups in total. The Hall–Kier alpha value is -1.57. The van der Waals surface area contributed by atoms with Crippen LogP contribution in [-0.2, 0) is 12.4 Å². The molecular formula is C11H4F6NS. The monoisotopic (exact) mass is 296 g/mol. The molecule has 8 heteroatoms. The van der Waals surface area contributed by atoms with E-state index in [2.05, 4.69) is 11.2 Å². The second-order valence-electron chi connectivity index (χ2n) is 3.54. The van der Waals surface area contributed by atoms with Crippen LogP contribution in [0.5, 0.6) is 0 Å². The molecule has 1 radical (unpaired) electrons. The smallest absolute Gasteiger partial charge is 0.234 e. The van der Waals surface area contributed by atoms with Gasteiger partial charge in [-0.25, -0.2) is 4.98 Å². The first-order valence-corrected chi connectivity index (χ1v) is 5.68. The van der Waals surface area contributed by atoms with Gasteiger partial charge >= 0.3 is 12.4 Å². The van der Waals surface area contributed by atoms with Crippen LogP contribution in [0.2, 0.25) is 0 Å². The highest BCUT2D eigenvalue weighted by Gasteiger charge is 2.43. The number of rotatable bonds is 1. The molecule has 2 rings (SSSR count). The fourth-order valence-corrected chi connectivity index (χ4v) is 2.07. The zero-order valence-electron chi connectivity index (χ0n) is 8.93. The largest absolute Gasteiger partial charge is 0.417 e. The van der Waals surface area contributed by atoms with Gasteiger partial charge < -0.3 is 0 Å². The van der Waals surface area contributed by atoms with Crippen LogP contribution in [0.1, 0.15) is 11.1 Å². The molecule has 0 bridgehead atoms. The molecule has 0 saturated carbocycles. The molecule has 1 aromatic heterocycles. The first-order valence-electron chi connectivity index (χ1n) is 4.80. The van der Waals surface area contributed by atoms with Crippen molar-refractivity contribution >= 4 is 11.3 Å². The third-order valence-corrected chi connectivity index (χ3v) is 3.04. The fourth-order valence-electron chi connectivity index (χ4n) is 1.49. The molecule has 19 heavy (non-hydrogen) atoms. The van der Waals surface area contributed by atoms with Crippen molar-refractivity contribution in [2.24, 2.45) is 0 Å². The van der Waals surface area contributed by atoms with Crippen LogP contribution in [0.25, 0.3) is 10.6 Å². The Bertz CT molecular complexity index is 570. The molecule has 0 atom stereocenters. The molecular weight excluding hydrogens is 292 g/mol. The summed E-state index contributed by atoms with van der Waals surface area (Å²) in [7, 11) is 0. The molecule has 1 nitrogen and oxygen atoms in total. The Morgan fingerprint density at radius 2 is 1.58 bits per heavy atom. The summed E-state index contributed by atoms with van der Waals surface area (Å²) in [6.07, 6.45) is -7.74. The Balaban J connectivity index is 2.61. The van der Waals surface area contributed by atoms with Crippen LogP contribution in [0.15, 0.2) is 23.6 Å². The van der Waals surface area contributed by atoms with Crippen molar-refractivity contribution in [3.63, 3.8) is 0 Å². The lowest BCUT2D eigenvalue weighted by Gasteiger charge is -2.16. The zero-order chi connectivity index (χ0) is 14.3. The van der Waals surface area contributed by atoms with Crippen LogP contribution in [-0.4, -0.2) is 4.98 Å². The van der Waals surface area contributed by atoms with Gasteiger partial charge in [0.15, 0.2) is 0 Å². The quantitative estimate of drug-likeness (QED) is 0.698. The van der Waals surface area contributed by atoms with Gasteiger partial charge in [-0.2, -0.15) is 26.3 Å². The summed E-state index contributed by atoms with van der Waals surface area (Å²) >= 11 is 0.993. The fraction of sp³-hybridized carbons (Fsp3) is 0.182. The number of benzene rings is 1. The molecule has 2 aromatic rings. The van der Waals surface area contributed by atoms with Crippen molar-refractivity contribution in [1.82, 2.24) is 4.98 Å². The maximum atomic E-state index is 12.7. The van der Waals surface area contributed by atoms with Crippen molar-refractivity contribution in [1.29, 1.82) is 0 Å². The summed E-state index contributed by atoms with van der Waals surface area (Å²) in [6, 6.07) is 1.83. The zero-order valence-corrected chi connectivity index (χ0v) is 9.75. The summed E-state index contributed by atoms with van der Waals surface area (Å²) < 4.78 is 75.6. The predicted octanol–water partition coefficient (Wildman–Crippen LogP) is 4.65. The van der Waals surface area contributed by atoms with E-state index >= 15 is 0 Å². The van der Waals surface area contributed by atoms with E-state index in [-0.39, 0.29) is 10.6 Å². The summed E-state index contributed by atoms with van der Waals surface area (Å²) in [5, 5.41) is 1.58. The second-order valence-corrected chi connectivity index (χ2v) is 4.40. The topological polar surface area (TPSA) is 12.9 Å². The Morgan fingerprint density at radius 3 is 2.05 bits per heavy atom. The van der Waals surface area contributed by atoms with Crippen LogP contribution in [0.4, 0.5) is 26.3 Å². The van der Waals surface area contributed by atoms with E-state index in [1.807, 2.05) is 0 Å². The lowest BCUT2D eigenvalue weighted by molar-refractivity contribution is -0.162. The van der Waals surface area contributed by atoms with Gasteiger partial charge in [0.2, 0.25) is 0 Å². The van der Waals surface area contributed by atoms with E-state index in [0.717, 1.165) is 17.4 Å². The summed E-state index contributed by atoms with van der Waals surface area (Å²) in [5.41, 5.74) is -3.44. The van der Waals surface area contributed by atoms with E-state index in [1.54, 1.807) is 0 Å². The van der Waals surface area contributed by atoms with Crippen LogP contribution in [0, 0.1) is 6.20 Å². The molecule has 0 spiro atoms. The van der Waals surface area contributed by atoms with Crippen molar-refractivity contribution in [2.75, 3.05) is 0 Å². The molecule has 1 aromatic carbocycles. The number of alkyl halides is 6. The normalized spacial score (nSPS) is 12.7. The average molecular weight is 296 g/mol. The number of thiazole rings is 1. The van der Waals surface area contributed by atoms with Crippen molar-refractivity contribution < 1.29 is 26.3 Å². The number of aromatic nitrogens is 1. The number of halogens is 6. The second kappa shape index (κ2) is 4.52. The lowest BCUT2D eigenvalue weighted by atomic mass is 10.0. The molecule has 0 aliphatic rings. The predicted molar refractivity (Wildman–Crippen MR) is 56.4 cm³/mol. The highest BCUT2D eigenvalue weighted by Crippen LogP contribution is 2.42. The van der Waals surface area contributed by atoms with Gasteiger partial charge in [-0.1, -0.05) is 6.07 Å². The Kier molecular flexibility index (Phi) is 3.29. The minimum atomic E-state index is -5.08. The molecule has 0 unspecified atom stereocenters. The van der Waals surface area contributed by atoms with E-state index in [4.69, 9.17) is 0 Å². The summed E-state index contributed by atoms with van der Waals surface area (Å²) in [6.45, 7) is 0. The first-order chi connectivity index (χ1) is 8.69. The first kappa shape index (κ1) is 13.9. The third-order valence-electron chi connectivity index (χ3n) is 2.27. The van der Waals surface area contributed by atoms with Crippen molar-refractivity contribution in [3.8, 4) is 10.6 Å². The maximum Gasteiger partial charge on any atom is 0.417 e. The summed E-state index contributed by atoms with van der Waals surface area (Å²) in [4.78, 5) is 3.65. The van der Waals surface area contributed by atoms with Crippen LogP contribution < -0.4 is 0 Å². The molecule has 0 amide bonds. The van der Waals surface area contributed by atoms with Gasteiger partial charge in [0, 0.05) is 10.9 Å². The van der Waals surface area contributed by atoms with Gasteiger partial charge in [0.05, 0.1) is 11.1 Å². The number of hydrogen-bond acceptors (Lipinski definition) is 2. The van der Waals surface area contributed by atoms with E-state index < -0.39 is 23.5 Å². The highest BCUT2D eigenvalue weighted by molar-refractivity contribution is 7.13. The molecule has 0 fully saturated rings. The van der Waals surface area contributed by atoms with E-state index in [0.29, 0.717) is 12.1 Å². The van der Waals surface area contributed by atoms with Gasteiger partial charge in [-0.3, -0.25) is 0 Å². The highest BCUT2D eigenvalue weighted by atomic mass is 32.1. The summed E-state index contributed by atoms with van der Waals surface area (Å²) in [5.74, 6) is 0. The van der Waals surface area contributed by atoms with Gasteiger partial charge in [0.1, 0.15) is 11.2 Å².